The maximum atomic E-state index is 12.8. The molecule has 1 heterocycles. The van der Waals surface area contributed by atoms with Crippen LogP contribution in [0.4, 0.5) is 0 Å². The molecule has 2 aromatic rings. The van der Waals surface area contributed by atoms with Gasteiger partial charge in [-0.1, -0.05) is 30.0 Å². The highest BCUT2D eigenvalue weighted by Crippen LogP contribution is 2.27. The van der Waals surface area contributed by atoms with Crippen LogP contribution in [-0.4, -0.2) is 31.0 Å². The smallest absolute Gasteiger partial charge is 0.339 e. The third kappa shape index (κ3) is 4.86. The Hall–Kier alpha value is -2.65. The number of amides is 1. The second-order valence-electron chi connectivity index (χ2n) is 6.68. The van der Waals surface area contributed by atoms with Crippen LogP contribution in [0, 0.1) is 20.8 Å². The summed E-state index contributed by atoms with van der Waals surface area (Å²) in [7, 11) is -4.01. The molecule has 1 N–H and O–H groups in total. The fourth-order valence-corrected chi connectivity index (χ4v) is 4.42. The topological polar surface area (TPSA) is 97.2 Å². The molecule has 9 heteroatoms. The first-order valence-electron chi connectivity index (χ1n) is 8.87. The minimum Gasteiger partial charge on any atom is -0.378 e. The molecule has 152 valence electrons. The number of carbonyl (C=O) groups excluding carboxylic acids is 1. The Bertz CT molecular complexity index is 1120. The van der Waals surface area contributed by atoms with Gasteiger partial charge in [0.15, 0.2) is 10.9 Å². The summed E-state index contributed by atoms with van der Waals surface area (Å²) in [5, 5.41) is 10.8. The van der Waals surface area contributed by atoms with Gasteiger partial charge < -0.3 is 9.50 Å². The number of rotatable bonds is 5. The molecule has 0 aromatic heterocycles. The predicted octanol–water partition coefficient (Wildman–Crippen LogP) is 3.32. The average Bonchev–Trinajstić information content (AvgIpc) is 2.97. The maximum absolute atomic E-state index is 12.8. The van der Waals surface area contributed by atoms with Crippen LogP contribution in [0.15, 0.2) is 51.5 Å². The fraction of sp³-hybridized carbons (Fsp3) is 0.250. The van der Waals surface area contributed by atoms with Crippen molar-refractivity contribution in [2.75, 3.05) is 0 Å². The van der Waals surface area contributed by atoms with Crippen molar-refractivity contribution in [3.8, 4) is 5.75 Å². The Morgan fingerprint density at radius 1 is 1.10 bits per heavy atom. The molecule has 1 fully saturated rings. The van der Waals surface area contributed by atoms with Crippen molar-refractivity contribution in [1.82, 2.24) is 5.32 Å². The summed E-state index contributed by atoms with van der Waals surface area (Å²) in [6, 6.07) is 10.1. The first-order valence-corrected chi connectivity index (χ1v) is 11.2. The zero-order valence-electron chi connectivity index (χ0n) is 16.5. The summed E-state index contributed by atoms with van der Waals surface area (Å²) >= 11 is 1.27. The van der Waals surface area contributed by atoms with E-state index in [1.165, 1.54) is 24.0 Å². The average molecular weight is 432 g/mol. The standard InChI is InChI=1S/C20H21N3O4S2/c1-12-8-9-17(10-14(12)3)29(25,26)27-18-13(2)6-5-7-16(18)11-21-23-20-22-19(24)15(4)28-20/h5-11,15H,1-4H3,(H,22,23,24)/b21-11+. The van der Waals surface area contributed by atoms with E-state index in [2.05, 4.69) is 15.5 Å². The molecule has 1 atom stereocenters. The van der Waals surface area contributed by atoms with Crippen LogP contribution in [-0.2, 0) is 14.9 Å². The summed E-state index contributed by atoms with van der Waals surface area (Å²) in [5.41, 5.74) is 2.97. The van der Waals surface area contributed by atoms with Gasteiger partial charge in [-0.2, -0.15) is 13.5 Å². The van der Waals surface area contributed by atoms with Crippen LogP contribution < -0.4 is 9.50 Å². The highest BCUT2D eigenvalue weighted by Gasteiger charge is 2.25. The van der Waals surface area contributed by atoms with Gasteiger partial charge in [0.05, 0.1) is 11.5 Å². The Morgan fingerprint density at radius 2 is 1.86 bits per heavy atom. The largest absolute Gasteiger partial charge is 0.378 e. The van der Waals surface area contributed by atoms with E-state index in [0.29, 0.717) is 16.3 Å². The van der Waals surface area contributed by atoms with Crippen LogP contribution in [0.2, 0.25) is 0 Å². The molecule has 1 saturated heterocycles. The molecule has 1 amide bonds. The molecule has 0 spiro atoms. The van der Waals surface area contributed by atoms with Gasteiger partial charge in [0, 0.05) is 5.56 Å². The number of hydrogen-bond acceptors (Lipinski definition) is 7. The summed E-state index contributed by atoms with van der Waals surface area (Å²) in [6.07, 6.45) is 1.40. The first-order chi connectivity index (χ1) is 13.7. The maximum Gasteiger partial charge on any atom is 0.339 e. The molecule has 0 bridgehead atoms. The van der Waals surface area contributed by atoms with E-state index in [-0.39, 0.29) is 21.8 Å². The lowest BCUT2D eigenvalue weighted by molar-refractivity contribution is -0.118. The first kappa shape index (κ1) is 21.1. The monoisotopic (exact) mass is 431 g/mol. The lowest BCUT2D eigenvalue weighted by Gasteiger charge is -2.12. The van der Waals surface area contributed by atoms with Crippen molar-refractivity contribution in [3.05, 3.63) is 58.7 Å². The summed E-state index contributed by atoms with van der Waals surface area (Å²) < 4.78 is 31.0. The Labute approximate surface area is 174 Å². The van der Waals surface area contributed by atoms with E-state index in [4.69, 9.17) is 4.18 Å². The second kappa shape index (κ2) is 8.38. The SMILES string of the molecule is Cc1ccc(S(=O)(=O)Oc2c(C)cccc2/C=N/N=C2/NC(=O)C(C)S2)cc1C. The number of hydrogen-bond donors (Lipinski definition) is 1. The van der Waals surface area contributed by atoms with E-state index >= 15 is 0 Å². The van der Waals surface area contributed by atoms with Gasteiger partial charge in [-0.05, 0) is 62.6 Å². The summed E-state index contributed by atoms with van der Waals surface area (Å²) in [4.78, 5) is 11.6. The van der Waals surface area contributed by atoms with E-state index in [1.807, 2.05) is 13.8 Å². The van der Waals surface area contributed by atoms with Gasteiger partial charge in [0.2, 0.25) is 5.91 Å². The third-order valence-electron chi connectivity index (χ3n) is 4.44. The van der Waals surface area contributed by atoms with Gasteiger partial charge in [-0.3, -0.25) is 4.79 Å². The summed E-state index contributed by atoms with van der Waals surface area (Å²) in [5.74, 6) is 0.0640. The molecular weight excluding hydrogens is 410 g/mol. The number of benzene rings is 2. The van der Waals surface area contributed by atoms with Crippen molar-refractivity contribution in [3.63, 3.8) is 0 Å². The number of thioether (sulfide) groups is 1. The lowest BCUT2D eigenvalue weighted by atomic mass is 10.1. The number of para-hydroxylation sites is 1. The van der Waals surface area contributed by atoms with Gasteiger partial charge in [-0.15, -0.1) is 5.10 Å². The second-order valence-corrected chi connectivity index (χ2v) is 9.55. The quantitative estimate of drug-likeness (QED) is 0.445. The molecule has 0 saturated carbocycles. The van der Waals surface area contributed by atoms with Gasteiger partial charge in [-0.25, -0.2) is 0 Å². The highest BCUT2D eigenvalue weighted by atomic mass is 32.2. The van der Waals surface area contributed by atoms with Gasteiger partial charge in [0.1, 0.15) is 4.90 Å². The molecule has 0 radical (unpaired) electrons. The number of nitrogens with zero attached hydrogens (tertiary/aromatic N) is 2. The van der Waals surface area contributed by atoms with Crippen LogP contribution in [0.25, 0.3) is 0 Å². The fourth-order valence-electron chi connectivity index (χ4n) is 2.57. The molecule has 1 unspecified atom stereocenters. The van der Waals surface area contributed by atoms with Crippen molar-refractivity contribution in [2.24, 2.45) is 10.2 Å². The van der Waals surface area contributed by atoms with Crippen molar-refractivity contribution in [2.45, 2.75) is 37.8 Å². The molecule has 7 nitrogen and oxygen atoms in total. The zero-order valence-corrected chi connectivity index (χ0v) is 18.1. The molecular formula is C20H21N3O4S2. The number of aryl methyl sites for hydroxylation is 3. The molecule has 1 aliphatic rings. The Morgan fingerprint density at radius 3 is 2.52 bits per heavy atom. The van der Waals surface area contributed by atoms with Gasteiger partial charge >= 0.3 is 10.1 Å². The highest BCUT2D eigenvalue weighted by molar-refractivity contribution is 8.15. The van der Waals surface area contributed by atoms with Crippen molar-refractivity contribution in [1.29, 1.82) is 0 Å². The summed E-state index contributed by atoms with van der Waals surface area (Å²) in [6.45, 7) is 7.29. The van der Waals surface area contributed by atoms with Crippen molar-refractivity contribution < 1.29 is 17.4 Å². The number of carbonyl (C=O) groups is 1. The van der Waals surface area contributed by atoms with Gasteiger partial charge in [0.25, 0.3) is 0 Å². The van der Waals surface area contributed by atoms with E-state index in [9.17, 15) is 13.2 Å². The minimum absolute atomic E-state index is 0.0889. The molecule has 2 aromatic carbocycles. The third-order valence-corrected chi connectivity index (χ3v) is 6.63. The van der Waals surface area contributed by atoms with E-state index in [0.717, 1.165) is 11.1 Å². The Kier molecular flexibility index (Phi) is 6.09. The van der Waals surface area contributed by atoms with Crippen LogP contribution in [0.3, 0.4) is 0 Å². The van der Waals surface area contributed by atoms with Crippen LogP contribution in [0.1, 0.15) is 29.2 Å². The normalized spacial score (nSPS) is 18.4. The molecule has 3 rings (SSSR count). The van der Waals surface area contributed by atoms with E-state index < -0.39 is 10.1 Å². The molecule has 0 aliphatic carbocycles. The number of nitrogens with one attached hydrogen (secondary N) is 1. The van der Waals surface area contributed by atoms with Crippen molar-refractivity contribution >= 4 is 39.2 Å². The minimum atomic E-state index is -4.01. The molecule has 29 heavy (non-hydrogen) atoms. The molecule has 1 aliphatic heterocycles. The zero-order chi connectivity index (χ0) is 21.2. The predicted molar refractivity (Wildman–Crippen MR) is 115 cm³/mol. The number of amidine groups is 1. The lowest BCUT2D eigenvalue weighted by Crippen LogP contribution is -2.23. The Balaban J connectivity index is 1.88. The van der Waals surface area contributed by atoms with E-state index in [1.54, 1.807) is 44.2 Å². The van der Waals surface area contributed by atoms with Crippen LogP contribution >= 0.6 is 11.8 Å². The van der Waals surface area contributed by atoms with Crippen LogP contribution in [0.5, 0.6) is 5.75 Å².